The van der Waals surface area contributed by atoms with Crippen LogP contribution in [0.4, 0.5) is 10.1 Å². The summed E-state index contributed by atoms with van der Waals surface area (Å²) in [6.45, 7) is 3.67. The Morgan fingerprint density at radius 3 is 2.57 bits per heavy atom. The van der Waals surface area contributed by atoms with Crippen molar-refractivity contribution in [1.82, 2.24) is 4.31 Å². The van der Waals surface area contributed by atoms with E-state index in [0.29, 0.717) is 0 Å². The van der Waals surface area contributed by atoms with Crippen LogP contribution in [0.3, 0.4) is 0 Å². The van der Waals surface area contributed by atoms with Gasteiger partial charge in [0.1, 0.15) is 4.90 Å². The number of halogens is 3. The second-order valence-electron chi connectivity index (χ2n) is 4.60. The molecule has 0 atom stereocenters. The summed E-state index contributed by atoms with van der Waals surface area (Å²) in [7, 11) is -2.61. The summed E-state index contributed by atoms with van der Waals surface area (Å²) in [6.07, 6.45) is 0. The first kappa shape index (κ1) is 18.6. The van der Waals surface area contributed by atoms with E-state index in [9.17, 15) is 12.8 Å². The average Bonchev–Trinajstić information content (AvgIpc) is 2.40. The molecule has 0 amide bonds. The number of hydrogen-bond acceptors (Lipinski definition) is 4. The van der Waals surface area contributed by atoms with Gasteiger partial charge in [-0.1, -0.05) is 11.6 Å². The van der Waals surface area contributed by atoms with Gasteiger partial charge < -0.3 is 10.5 Å². The van der Waals surface area contributed by atoms with Crippen LogP contribution in [0.1, 0.15) is 13.8 Å². The first-order valence-corrected chi connectivity index (χ1v) is 8.69. The topological polar surface area (TPSA) is 72.6 Å². The number of rotatable bonds is 6. The van der Waals surface area contributed by atoms with Crippen molar-refractivity contribution in [2.75, 3.05) is 26.0 Å². The Hall–Kier alpha value is -0.410. The van der Waals surface area contributed by atoms with Crippen LogP contribution in [-0.4, -0.2) is 39.0 Å². The maximum atomic E-state index is 14.2. The molecule has 0 heterocycles. The fourth-order valence-corrected chi connectivity index (χ4v) is 4.04. The third-order valence-electron chi connectivity index (χ3n) is 2.84. The van der Waals surface area contributed by atoms with Crippen molar-refractivity contribution in [3.05, 3.63) is 21.4 Å². The fraction of sp³-hybridized carbons (Fsp3) is 0.500. The number of sulfonamides is 1. The highest BCUT2D eigenvalue weighted by molar-refractivity contribution is 9.10. The van der Waals surface area contributed by atoms with Crippen LogP contribution in [0, 0.1) is 5.82 Å². The van der Waals surface area contributed by atoms with E-state index in [0.717, 1.165) is 10.4 Å². The molecule has 120 valence electrons. The van der Waals surface area contributed by atoms with Crippen LogP contribution >= 0.6 is 27.5 Å². The quantitative estimate of drug-likeness (QED) is 0.585. The van der Waals surface area contributed by atoms with Crippen LogP contribution in [0.25, 0.3) is 0 Å². The molecule has 1 rings (SSSR count). The van der Waals surface area contributed by atoms with Crippen LogP contribution in [0.2, 0.25) is 5.02 Å². The van der Waals surface area contributed by atoms with E-state index in [1.165, 1.54) is 7.11 Å². The van der Waals surface area contributed by atoms with Gasteiger partial charge in [-0.25, -0.2) is 12.8 Å². The zero-order valence-corrected chi connectivity index (χ0v) is 15.0. The van der Waals surface area contributed by atoms with Crippen LogP contribution < -0.4 is 5.73 Å². The Morgan fingerprint density at radius 2 is 2.10 bits per heavy atom. The number of nitrogens with zero attached hydrogens (tertiary/aromatic N) is 1. The predicted molar refractivity (Wildman–Crippen MR) is 84.4 cm³/mol. The molecule has 1 aromatic rings. The molecule has 0 bridgehead atoms. The summed E-state index contributed by atoms with van der Waals surface area (Å²) in [5, 5.41) is 0.0305. The lowest BCUT2D eigenvalue weighted by Gasteiger charge is -2.26. The van der Waals surface area contributed by atoms with Gasteiger partial charge in [-0.15, -0.1) is 0 Å². The minimum absolute atomic E-state index is 0.0305. The van der Waals surface area contributed by atoms with E-state index in [1.54, 1.807) is 13.8 Å². The lowest BCUT2D eigenvalue weighted by Crippen LogP contribution is -2.39. The number of anilines is 1. The molecule has 0 spiro atoms. The molecule has 0 saturated heterocycles. The Kier molecular flexibility index (Phi) is 6.42. The summed E-state index contributed by atoms with van der Waals surface area (Å²) in [4.78, 5) is -0.544. The molecule has 0 unspecified atom stereocenters. The van der Waals surface area contributed by atoms with E-state index in [-0.39, 0.29) is 34.4 Å². The summed E-state index contributed by atoms with van der Waals surface area (Å²) >= 11 is 8.90. The normalized spacial score (nSPS) is 12.4. The zero-order valence-electron chi connectivity index (χ0n) is 11.9. The number of methoxy groups -OCH3 is 1. The van der Waals surface area contributed by atoms with Crippen LogP contribution in [-0.2, 0) is 14.8 Å². The van der Waals surface area contributed by atoms with Gasteiger partial charge in [-0.3, -0.25) is 0 Å². The number of nitrogens with two attached hydrogens (primary N) is 1. The first-order valence-electron chi connectivity index (χ1n) is 6.08. The van der Waals surface area contributed by atoms with Gasteiger partial charge in [-0.2, -0.15) is 4.31 Å². The standard InChI is InChI=1S/C12H17BrClFN2O3S/c1-7(2)17(4-5-20-3)21(18,19)9-6-8(14)10(13)12(16)11(9)15/h6-7H,4-5,16H2,1-3H3. The van der Waals surface area contributed by atoms with Crippen molar-refractivity contribution < 1.29 is 17.5 Å². The Labute approximate surface area is 137 Å². The predicted octanol–water partition coefficient (Wildman–Crippen LogP) is 2.87. The third-order valence-corrected chi connectivity index (χ3v) is 6.29. The van der Waals surface area contributed by atoms with Crippen LogP contribution in [0.5, 0.6) is 0 Å². The maximum absolute atomic E-state index is 14.2. The molecule has 0 fully saturated rings. The lowest BCUT2D eigenvalue weighted by molar-refractivity contribution is 0.170. The van der Waals surface area contributed by atoms with Gasteiger partial charge in [0.05, 0.1) is 21.8 Å². The molecule has 0 aromatic heterocycles. The van der Waals surface area contributed by atoms with Gasteiger partial charge in [0.15, 0.2) is 5.82 Å². The van der Waals surface area contributed by atoms with Crippen molar-refractivity contribution in [2.24, 2.45) is 0 Å². The highest BCUT2D eigenvalue weighted by atomic mass is 79.9. The van der Waals surface area contributed by atoms with Gasteiger partial charge in [0.25, 0.3) is 0 Å². The number of ether oxygens (including phenoxy) is 1. The average molecular weight is 404 g/mol. The van der Waals surface area contributed by atoms with Crippen molar-refractivity contribution >= 4 is 43.2 Å². The molecular weight excluding hydrogens is 387 g/mol. The van der Waals surface area contributed by atoms with Gasteiger partial charge >= 0.3 is 0 Å². The molecule has 0 radical (unpaired) electrons. The SMILES string of the molecule is COCCN(C(C)C)S(=O)(=O)c1cc(Cl)c(Br)c(N)c1F. The minimum atomic E-state index is -4.07. The highest BCUT2D eigenvalue weighted by Gasteiger charge is 2.31. The molecule has 2 N–H and O–H groups in total. The molecule has 21 heavy (non-hydrogen) atoms. The monoisotopic (exact) mass is 402 g/mol. The molecule has 0 saturated carbocycles. The molecule has 1 aromatic carbocycles. The number of hydrogen-bond donors (Lipinski definition) is 1. The zero-order chi connectivity index (χ0) is 16.4. The van der Waals surface area contributed by atoms with Gasteiger partial charge in [0, 0.05) is 19.7 Å². The third kappa shape index (κ3) is 3.87. The summed E-state index contributed by atoms with van der Waals surface area (Å²) in [6, 6.07) is 0.683. The van der Waals surface area contributed by atoms with E-state index in [4.69, 9.17) is 22.1 Å². The van der Waals surface area contributed by atoms with E-state index in [2.05, 4.69) is 15.9 Å². The lowest BCUT2D eigenvalue weighted by atomic mass is 10.3. The largest absolute Gasteiger partial charge is 0.395 e. The Morgan fingerprint density at radius 1 is 1.52 bits per heavy atom. The molecule has 0 aliphatic heterocycles. The van der Waals surface area contributed by atoms with Gasteiger partial charge in [0.2, 0.25) is 10.0 Å². The second-order valence-corrected chi connectivity index (χ2v) is 7.66. The first-order chi connectivity index (χ1) is 9.64. The molecule has 9 heteroatoms. The molecular formula is C12H17BrClFN2O3S. The van der Waals surface area contributed by atoms with Crippen molar-refractivity contribution in [3.8, 4) is 0 Å². The van der Waals surface area contributed by atoms with Crippen molar-refractivity contribution in [1.29, 1.82) is 0 Å². The highest BCUT2D eigenvalue weighted by Crippen LogP contribution is 2.36. The summed E-state index contributed by atoms with van der Waals surface area (Å²) in [5.41, 5.74) is 5.21. The fourth-order valence-electron chi connectivity index (χ4n) is 1.75. The van der Waals surface area contributed by atoms with Gasteiger partial charge in [-0.05, 0) is 35.8 Å². The van der Waals surface area contributed by atoms with Crippen molar-refractivity contribution in [3.63, 3.8) is 0 Å². The Balaban J connectivity index is 3.42. The smallest absolute Gasteiger partial charge is 0.246 e. The molecule has 0 aliphatic carbocycles. The minimum Gasteiger partial charge on any atom is -0.395 e. The number of benzene rings is 1. The van der Waals surface area contributed by atoms with E-state index < -0.39 is 20.7 Å². The summed E-state index contributed by atoms with van der Waals surface area (Å²) < 4.78 is 45.6. The second kappa shape index (κ2) is 7.23. The maximum Gasteiger partial charge on any atom is 0.246 e. The van der Waals surface area contributed by atoms with Crippen molar-refractivity contribution in [2.45, 2.75) is 24.8 Å². The Bertz CT molecular complexity index is 625. The molecule has 0 aliphatic rings. The number of nitrogen functional groups attached to an aromatic ring is 1. The van der Waals surface area contributed by atoms with Crippen LogP contribution in [0.15, 0.2) is 15.4 Å². The van der Waals surface area contributed by atoms with E-state index in [1.807, 2.05) is 0 Å². The summed E-state index contributed by atoms with van der Waals surface area (Å²) in [5.74, 6) is -1.02. The molecule has 5 nitrogen and oxygen atoms in total. The van der Waals surface area contributed by atoms with E-state index >= 15 is 0 Å².